The van der Waals surface area contributed by atoms with Gasteiger partial charge in [0.05, 0.1) is 6.04 Å². The van der Waals surface area contributed by atoms with Gasteiger partial charge in [0.25, 0.3) is 5.91 Å². The van der Waals surface area contributed by atoms with Crippen LogP contribution in [0.4, 0.5) is 20.2 Å². The molecule has 4 rings (SSSR count). The minimum atomic E-state index is -0.529. The molecule has 1 N–H and O–H groups in total. The molecule has 9 heteroatoms. The molecule has 0 unspecified atom stereocenters. The zero-order valence-corrected chi connectivity index (χ0v) is 18.4. The fourth-order valence-corrected chi connectivity index (χ4v) is 3.77. The number of fused-ring (bicyclic) bond motifs is 1. The molecule has 6 nitrogen and oxygen atoms in total. The molecule has 1 aromatic heterocycles. The topological polar surface area (TPSA) is 71.5 Å². The number of carbonyl (C=O) groups excluding carboxylic acids is 2. The molecule has 170 valence electrons. The zero-order valence-electron chi connectivity index (χ0n) is 17.6. The highest BCUT2D eigenvalue weighted by molar-refractivity contribution is 6.29. The maximum absolute atomic E-state index is 13.4. The number of ether oxygens (including phenoxy) is 1. The Labute approximate surface area is 194 Å². The number of amides is 2. The molecule has 2 heterocycles. The summed E-state index contributed by atoms with van der Waals surface area (Å²) in [7, 11) is 0. The predicted octanol–water partition coefficient (Wildman–Crippen LogP) is 4.56. The zero-order chi connectivity index (χ0) is 23.5. The fourth-order valence-electron chi connectivity index (χ4n) is 3.64. The Hall–Kier alpha value is -3.52. The second-order valence-electron chi connectivity index (χ2n) is 7.64. The van der Waals surface area contributed by atoms with Crippen LogP contribution in [0.3, 0.4) is 0 Å². The van der Waals surface area contributed by atoms with Gasteiger partial charge in [0.2, 0.25) is 11.8 Å². The van der Waals surface area contributed by atoms with E-state index in [2.05, 4.69) is 10.3 Å². The van der Waals surface area contributed by atoms with Crippen LogP contribution in [0, 0.1) is 11.6 Å². The van der Waals surface area contributed by atoms with E-state index < -0.39 is 11.7 Å². The Bertz CT molecular complexity index is 1190. The number of nitrogens with zero attached hydrogens (tertiary/aromatic N) is 2. The summed E-state index contributed by atoms with van der Waals surface area (Å²) >= 11 is 5.81. The lowest BCUT2D eigenvalue weighted by atomic mass is 10.0. The lowest BCUT2D eigenvalue weighted by Gasteiger charge is -2.34. The second kappa shape index (κ2) is 9.54. The second-order valence-corrected chi connectivity index (χ2v) is 7.91. The minimum absolute atomic E-state index is 0.0789. The van der Waals surface area contributed by atoms with Crippen molar-refractivity contribution in [1.82, 2.24) is 4.98 Å². The summed E-state index contributed by atoms with van der Waals surface area (Å²) in [5, 5.41) is 2.70. The summed E-state index contributed by atoms with van der Waals surface area (Å²) in [6, 6.07) is 12.6. The maximum atomic E-state index is 13.4. The third-order valence-corrected chi connectivity index (χ3v) is 5.45. The quantitative estimate of drug-likeness (QED) is 0.554. The van der Waals surface area contributed by atoms with Gasteiger partial charge in [0.15, 0.2) is 0 Å². The molecule has 1 aliphatic heterocycles. The van der Waals surface area contributed by atoms with E-state index in [-0.39, 0.29) is 48.2 Å². The molecule has 2 amide bonds. The largest absolute Gasteiger partial charge is 0.474 e. The minimum Gasteiger partial charge on any atom is -0.474 e. The third kappa shape index (κ3) is 4.96. The number of pyridine rings is 1. The normalized spacial score (nSPS) is 14.9. The number of aromatic nitrogens is 1. The predicted molar refractivity (Wildman–Crippen MR) is 121 cm³/mol. The van der Waals surface area contributed by atoms with E-state index in [9.17, 15) is 18.4 Å². The van der Waals surface area contributed by atoms with Crippen molar-refractivity contribution in [1.29, 1.82) is 0 Å². The van der Waals surface area contributed by atoms with Crippen molar-refractivity contribution in [2.75, 3.05) is 22.7 Å². The average Bonchev–Trinajstić information content (AvgIpc) is 2.81. The smallest absolute Gasteiger partial charge is 0.274 e. The number of nitrogens with one attached hydrogen (secondary N) is 1. The molecule has 0 fully saturated rings. The van der Waals surface area contributed by atoms with Gasteiger partial charge in [-0.05, 0) is 66.9 Å². The Balaban J connectivity index is 1.76. The van der Waals surface area contributed by atoms with Crippen LogP contribution in [0.25, 0.3) is 0 Å². The highest BCUT2D eigenvalue weighted by Gasteiger charge is 2.32. The molecule has 0 radical (unpaired) electrons. The van der Waals surface area contributed by atoms with Crippen molar-refractivity contribution >= 4 is 34.8 Å². The van der Waals surface area contributed by atoms with Crippen LogP contribution in [0.5, 0.6) is 5.88 Å². The van der Waals surface area contributed by atoms with Gasteiger partial charge < -0.3 is 15.0 Å². The van der Waals surface area contributed by atoms with E-state index in [1.54, 1.807) is 18.2 Å². The molecule has 0 saturated heterocycles. The number of benzene rings is 2. The summed E-state index contributed by atoms with van der Waals surface area (Å²) in [4.78, 5) is 31.5. The summed E-state index contributed by atoms with van der Waals surface area (Å²) in [6.45, 7) is 2.02. The molecule has 3 aromatic rings. The molecule has 0 bridgehead atoms. The van der Waals surface area contributed by atoms with E-state index in [4.69, 9.17) is 16.3 Å². The van der Waals surface area contributed by atoms with Crippen LogP contribution in [0.2, 0.25) is 0 Å². The van der Waals surface area contributed by atoms with Gasteiger partial charge in [-0.3, -0.25) is 9.59 Å². The number of halogens is 3. The average molecular weight is 472 g/mol. The summed E-state index contributed by atoms with van der Waals surface area (Å²) in [5.41, 5.74) is 2.13. The van der Waals surface area contributed by atoms with E-state index >= 15 is 0 Å². The number of rotatable bonds is 5. The first kappa shape index (κ1) is 22.7. The van der Waals surface area contributed by atoms with Gasteiger partial charge in [-0.15, -0.1) is 11.6 Å². The standard InChI is InChI=1S/C24H20ClF2N3O3/c1-14-13-33-24-20(30(14)21(31)12-25)11-16(10-15-2-4-17(26)5-3-15)22(29-24)23(32)28-19-8-6-18(27)7-9-19/h2-9,11,14H,10,12-13H2,1H3,(H,28,32)/t14-/m0/s1. The lowest BCUT2D eigenvalue weighted by molar-refractivity contribution is -0.117. The SMILES string of the molecule is C[C@H]1COc2nc(C(=O)Nc3ccc(F)cc3)c(Cc3ccc(F)cc3)cc2N1C(=O)CCl. The highest BCUT2D eigenvalue weighted by Crippen LogP contribution is 2.35. The number of alkyl halides is 1. The molecule has 0 spiro atoms. The molecule has 2 aromatic carbocycles. The van der Waals surface area contributed by atoms with Gasteiger partial charge in [-0.25, -0.2) is 13.8 Å². The van der Waals surface area contributed by atoms with Crippen LogP contribution in [0.1, 0.15) is 28.5 Å². The molecular formula is C24H20ClF2N3O3. The van der Waals surface area contributed by atoms with Gasteiger partial charge in [0, 0.05) is 5.69 Å². The Morgan fingerprint density at radius 3 is 2.39 bits per heavy atom. The van der Waals surface area contributed by atoms with Crippen molar-refractivity contribution in [3.63, 3.8) is 0 Å². The molecule has 0 aliphatic carbocycles. The van der Waals surface area contributed by atoms with Crippen LogP contribution in [0.15, 0.2) is 54.6 Å². The lowest BCUT2D eigenvalue weighted by Crippen LogP contribution is -2.46. The van der Waals surface area contributed by atoms with Crippen LogP contribution in [-0.2, 0) is 11.2 Å². The summed E-state index contributed by atoms with van der Waals surface area (Å²) in [6.07, 6.45) is 0.254. The van der Waals surface area contributed by atoms with E-state index in [0.717, 1.165) is 5.56 Å². The van der Waals surface area contributed by atoms with E-state index in [1.165, 1.54) is 41.3 Å². The molecular weight excluding hydrogens is 452 g/mol. The van der Waals surface area contributed by atoms with Gasteiger partial charge in [-0.2, -0.15) is 0 Å². The number of anilines is 2. The van der Waals surface area contributed by atoms with E-state index in [1.807, 2.05) is 6.92 Å². The monoisotopic (exact) mass is 471 g/mol. The number of hydrogen-bond acceptors (Lipinski definition) is 4. The first-order valence-electron chi connectivity index (χ1n) is 10.2. The summed E-state index contributed by atoms with van der Waals surface area (Å²) < 4.78 is 32.3. The highest BCUT2D eigenvalue weighted by atomic mass is 35.5. The first-order valence-corrected chi connectivity index (χ1v) is 10.7. The number of carbonyl (C=O) groups is 2. The van der Waals surface area contributed by atoms with Crippen LogP contribution in [-0.4, -0.2) is 35.3 Å². The van der Waals surface area contributed by atoms with Crippen molar-refractivity contribution in [3.8, 4) is 5.88 Å². The molecule has 33 heavy (non-hydrogen) atoms. The van der Waals surface area contributed by atoms with Gasteiger partial charge in [0.1, 0.15) is 35.5 Å². The van der Waals surface area contributed by atoms with Crippen molar-refractivity contribution in [2.45, 2.75) is 19.4 Å². The van der Waals surface area contributed by atoms with Crippen molar-refractivity contribution in [3.05, 3.63) is 83.1 Å². The van der Waals surface area contributed by atoms with E-state index in [0.29, 0.717) is 16.9 Å². The first-order chi connectivity index (χ1) is 15.9. The third-order valence-electron chi connectivity index (χ3n) is 5.22. The van der Waals surface area contributed by atoms with Crippen LogP contribution >= 0.6 is 11.6 Å². The van der Waals surface area contributed by atoms with Crippen molar-refractivity contribution in [2.24, 2.45) is 0 Å². The fraction of sp³-hybridized carbons (Fsp3) is 0.208. The Morgan fingerprint density at radius 2 is 1.76 bits per heavy atom. The maximum Gasteiger partial charge on any atom is 0.274 e. The van der Waals surface area contributed by atoms with Crippen LogP contribution < -0.4 is 15.0 Å². The molecule has 0 saturated carbocycles. The summed E-state index contributed by atoms with van der Waals surface area (Å²) in [5.74, 6) is -1.73. The van der Waals surface area contributed by atoms with Crippen molar-refractivity contribution < 1.29 is 23.1 Å². The molecule has 1 aliphatic rings. The Kier molecular flexibility index (Phi) is 6.55. The molecule has 1 atom stereocenters. The Morgan fingerprint density at radius 1 is 1.12 bits per heavy atom. The van der Waals surface area contributed by atoms with Gasteiger partial charge in [-0.1, -0.05) is 12.1 Å². The van der Waals surface area contributed by atoms with Gasteiger partial charge >= 0.3 is 0 Å². The number of hydrogen-bond donors (Lipinski definition) is 1.